The highest BCUT2D eigenvalue weighted by molar-refractivity contribution is 6.23. The number of carbonyl (C=O) groups excluding carboxylic acids is 3. The molecule has 1 spiro atoms. The summed E-state index contributed by atoms with van der Waals surface area (Å²) < 4.78 is 5.79. The molecule has 1 aromatic carbocycles. The van der Waals surface area contributed by atoms with E-state index in [0.717, 1.165) is 49.1 Å². The molecule has 8 nitrogen and oxygen atoms in total. The van der Waals surface area contributed by atoms with Crippen LogP contribution in [0.4, 0.5) is 5.69 Å². The molecule has 4 fully saturated rings. The maximum Gasteiger partial charge on any atom is 0.262 e. The van der Waals surface area contributed by atoms with E-state index in [-0.39, 0.29) is 17.7 Å². The number of anilines is 1. The minimum Gasteiger partial charge on any atom is -0.496 e. The van der Waals surface area contributed by atoms with Gasteiger partial charge in [0, 0.05) is 36.9 Å². The van der Waals surface area contributed by atoms with E-state index in [0.29, 0.717) is 47.1 Å². The zero-order valence-corrected chi connectivity index (χ0v) is 21.6. The smallest absolute Gasteiger partial charge is 0.262 e. The second-order valence-corrected chi connectivity index (χ2v) is 11.8. The molecule has 6 rings (SSSR count). The summed E-state index contributed by atoms with van der Waals surface area (Å²) >= 11 is 0. The lowest BCUT2D eigenvalue weighted by Crippen LogP contribution is -2.55. The largest absolute Gasteiger partial charge is 0.496 e. The van der Waals surface area contributed by atoms with Gasteiger partial charge in [-0.2, -0.15) is 0 Å². The van der Waals surface area contributed by atoms with E-state index in [1.54, 1.807) is 6.07 Å². The Balaban J connectivity index is 1.01. The number of hydrogen-bond donors (Lipinski definition) is 1. The number of nitrogens with one attached hydrogen (secondary N) is 1. The minimum atomic E-state index is -0.775. The van der Waals surface area contributed by atoms with Crippen molar-refractivity contribution in [2.75, 3.05) is 37.6 Å². The maximum absolute atomic E-state index is 13.2. The second-order valence-electron chi connectivity index (χ2n) is 11.8. The molecule has 1 unspecified atom stereocenters. The Kier molecular flexibility index (Phi) is 5.90. The number of allylic oxidation sites excluding steroid dienone is 2. The summed E-state index contributed by atoms with van der Waals surface area (Å²) in [4.78, 5) is 44.6. The van der Waals surface area contributed by atoms with Crippen LogP contribution < -0.4 is 10.2 Å². The summed E-state index contributed by atoms with van der Waals surface area (Å²) in [5, 5.41) is 2.68. The van der Waals surface area contributed by atoms with E-state index < -0.39 is 6.04 Å². The Hall–Kier alpha value is -3.13. The third-order valence-electron chi connectivity index (χ3n) is 8.98. The zero-order valence-electron chi connectivity index (χ0n) is 21.6. The maximum atomic E-state index is 13.2. The van der Waals surface area contributed by atoms with Crippen LogP contribution in [0.2, 0.25) is 0 Å². The highest BCUT2D eigenvalue weighted by Gasteiger charge is 2.48. The normalized spacial score (nSPS) is 26.1. The van der Waals surface area contributed by atoms with Crippen LogP contribution in [0.1, 0.15) is 66.2 Å². The molecule has 0 aromatic heterocycles. The van der Waals surface area contributed by atoms with E-state index in [9.17, 15) is 14.4 Å². The zero-order chi connectivity index (χ0) is 25.9. The highest BCUT2D eigenvalue weighted by atomic mass is 16.5. The second kappa shape index (κ2) is 9.01. The van der Waals surface area contributed by atoms with Gasteiger partial charge in [0.05, 0.1) is 23.0 Å². The number of carbonyl (C=O) groups is 3. The third kappa shape index (κ3) is 4.35. The van der Waals surface area contributed by atoms with Crippen LogP contribution in [-0.4, -0.2) is 72.4 Å². The fourth-order valence-electron chi connectivity index (χ4n) is 6.89. The van der Waals surface area contributed by atoms with Gasteiger partial charge in [0.25, 0.3) is 11.8 Å². The SMILES string of the molecule is C=C1CCC(N2C(=O)c3ccc(N4CC(CN5CCC6(CC5)CC(OC(=C)C)C6)C4)cc3C2=O)C(=O)N1. The van der Waals surface area contributed by atoms with Crippen LogP contribution in [0.15, 0.2) is 42.8 Å². The number of piperidine rings is 2. The molecular weight excluding hydrogens is 468 g/mol. The molecule has 4 aliphatic heterocycles. The molecule has 3 amide bonds. The average Bonchev–Trinajstić information content (AvgIpc) is 3.05. The van der Waals surface area contributed by atoms with Crippen molar-refractivity contribution in [1.82, 2.24) is 15.1 Å². The number of fused-ring (bicyclic) bond motifs is 1. The van der Waals surface area contributed by atoms with Crippen molar-refractivity contribution < 1.29 is 19.1 Å². The molecule has 0 radical (unpaired) electrons. The van der Waals surface area contributed by atoms with Crippen molar-refractivity contribution in [2.24, 2.45) is 11.3 Å². The number of nitrogens with zero attached hydrogens (tertiary/aromatic N) is 3. The summed E-state index contributed by atoms with van der Waals surface area (Å²) in [5.41, 5.74) is 2.86. The number of rotatable bonds is 6. The number of benzene rings is 1. The molecule has 3 saturated heterocycles. The van der Waals surface area contributed by atoms with Crippen molar-refractivity contribution >= 4 is 23.4 Å². The summed E-state index contributed by atoms with van der Waals surface area (Å²) in [5.74, 6) is 0.341. The van der Waals surface area contributed by atoms with Crippen LogP contribution in [-0.2, 0) is 9.53 Å². The molecule has 196 valence electrons. The van der Waals surface area contributed by atoms with Gasteiger partial charge in [-0.3, -0.25) is 19.3 Å². The average molecular weight is 505 g/mol. The van der Waals surface area contributed by atoms with Crippen LogP contribution in [0, 0.1) is 11.3 Å². The Morgan fingerprint density at radius 1 is 1.11 bits per heavy atom. The molecule has 1 N–H and O–H groups in total. The number of hydrogen-bond acceptors (Lipinski definition) is 6. The Labute approximate surface area is 218 Å². The van der Waals surface area contributed by atoms with E-state index in [1.165, 1.54) is 25.7 Å². The predicted molar refractivity (Wildman–Crippen MR) is 140 cm³/mol. The first-order valence-electron chi connectivity index (χ1n) is 13.5. The van der Waals surface area contributed by atoms with Crippen molar-refractivity contribution in [3.05, 3.63) is 53.9 Å². The van der Waals surface area contributed by atoms with Crippen molar-refractivity contribution in [1.29, 1.82) is 0 Å². The van der Waals surface area contributed by atoms with Gasteiger partial charge < -0.3 is 19.9 Å². The Bertz CT molecular complexity index is 1170. The molecule has 1 saturated carbocycles. The summed E-state index contributed by atoms with van der Waals surface area (Å²) in [6.45, 7) is 14.9. The van der Waals surface area contributed by atoms with Crippen molar-refractivity contribution in [3.8, 4) is 0 Å². The molecule has 1 aliphatic carbocycles. The molecule has 1 atom stereocenters. The molecule has 4 heterocycles. The molecule has 37 heavy (non-hydrogen) atoms. The van der Waals surface area contributed by atoms with E-state index in [4.69, 9.17) is 4.74 Å². The first kappa shape index (κ1) is 24.2. The topological polar surface area (TPSA) is 82.2 Å². The van der Waals surface area contributed by atoms with E-state index >= 15 is 0 Å². The molecule has 1 aromatic rings. The fraction of sp³-hybridized carbons (Fsp3) is 0.552. The summed E-state index contributed by atoms with van der Waals surface area (Å²) in [6.07, 6.45) is 6.19. The van der Waals surface area contributed by atoms with Gasteiger partial charge in [0.15, 0.2) is 0 Å². The van der Waals surface area contributed by atoms with Crippen molar-refractivity contribution in [2.45, 2.75) is 57.6 Å². The molecule has 5 aliphatic rings. The van der Waals surface area contributed by atoms with Crippen LogP contribution in [0.25, 0.3) is 0 Å². The van der Waals surface area contributed by atoms with Gasteiger partial charge >= 0.3 is 0 Å². The predicted octanol–water partition coefficient (Wildman–Crippen LogP) is 3.31. The van der Waals surface area contributed by atoms with Crippen LogP contribution in [0.3, 0.4) is 0 Å². The standard InChI is InChI=1S/C29H36N4O4/c1-18(2)37-22-13-29(14-22)8-10-31(11-9-29)15-20-16-32(17-20)21-5-6-23-24(12-21)28(36)33(27(23)35)25-7-4-19(3)30-26(25)34/h5-6,12,20,22,25H,1,3-4,7-11,13-17H2,2H3,(H,30,34). The van der Waals surface area contributed by atoms with Gasteiger partial charge in [-0.05, 0) is 82.2 Å². The number of likely N-dealkylation sites (tertiary alicyclic amines) is 1. The highest BCUT2D eigenvalue weighted by Crippen LogP contribution is 2.50. The van der Waals surface area contributed by atoms with E-state index in [2.05, 4.69) is 28.3 Å². The first-order chi connectivity index (χ1) is 17.7. The van der Waals surface area contributed by atoms with Crippen molar-refractivity contribution in [3.63, 3.8) is 0 Å². The van der Waals surface area contributed by atoms with Crippen LogP contribution in [0.5, 0.6) is 0 Å². The third-order valence-corrected chi connectivity index (χ3v) is 8.98. The van der Waals surface area contributed by atoms with Gasteiger partial charge in [-0.15, -0.1) is 0 Å². The quantitative estimate of drug-likeness (QED) is 0.473. The summed E-state index contributed by atoms with van der Waals surface area (Å²) in [7, 11) is 0. The van der Waals surface area contributed by atoms with Gasteiger partial charge in [-0.1, -0.05) is 13.2 Å². The summed E-state index contributed by atoms with van der Waals surface area (Å²) in [6, 6.07) is 4.72. The lowest BCUT2D eigenvalue weighted by Gasteiger charge is -2.53. The number of imide groups is 1. The molecule has 0 bridgehead atoms. The fourth-order valence-corrected chi connectivity index (χ4v) is 6.89. The van der Waals surface area contributed by atoms with Gasteiger partial charge in [0.1, 0.15) is 6.04 Å². The number of ether oxygens (including phenoxy) is 1. The van der Waals surface area contributed by atoms with Gasteiger partial charge in [0.2, 0.25) is 5.91 Å². The minimum absolute atomic E-state index is 0.336. The Morgan fingerprint density at radius 2 is 1.81 bits per heavy atom. The molecule has 8 heteroatoms. The van der Waals surface area contributed by atoms with Crippen LogP contribution >= 0.6 is 0 Å². The molecular formula is C29H36N4O4. The van der Waals surface area contributed by atoms with Gasteiger partial charge in [-0.25, -0.2) is 0 Å². The lowest BCUT2D eigenvalue weighted by molar-refractivity contribution is -0.125. The van der Waals surface area contributed by atoms with E-state index in [1.807, 2.05) is 19.1 Å². The lowest BCUT2D eigenvalue weighted by atomic mass is 9.61. The first-order valence-corrected chi connectivity index (χ1v) is 13.5. The number of amides is 3. The Morgan fingerprint density at radius 3 is 2.49 bits per heavy atom. The monoisotopic (exact) mass is 504 g/mol.